The van der Waals surface area contributed by atoms with Gasteiger partial charge in [-0.25, -0.2) is 0 Å². The molecule has 4 aliphatic carbocycles. The quantitative estimate of drug-likeness (QED) is 0.297. The summed E-state index contributed by atoms with van der Waals surface area (Å²) in [5.74, 6) is 13.6. The van der Waals surface area contributed by atoms with Crippen molar-refractivity contribution in [2.45, 2.75) is 25.7 Å². The van der Waals surface area contributed by atoms with Crippen LogP contribution in [0.15, 0.2) is 97.1 Å². The van der Waals surface area contributed by atoms with Gasteiger partial charge >= 0.3 is 0 Å². The highest BCUT2D eigenvalue weighted by atomic mass is 14.1. The Hall–Kier alpha value is -4.00. The molecule has 4 aliphatic rings. The highest BCUT2D eigenvalue weighted by Gasteiger charge is 2.09. The molecule has 0 nitrogen and oxygen atoms in total. The Morgan fingerprint density at radius 3 is 1.28 bits per heavy atom. The van der Waals surface area contributed by atoms with Crippen LogP contribution in [-0.2, 0) is 25.7 Å². The Morgan fingerprint density at radius 2 is 0.844 bits per heavy atom. The van der Waals surface area contributed by atoms with Crippen LogP contribution in [0.2, 0.25) is 0 Å². The fraction of sp³-hybridized carbons (Fsp3) is 0.125. The maximum atomic E-state index is 3.45. The van der Waals surface area contributed by atoms with Crippen molar-refractivity contribution in [3.05, 3.63) is 142 Å². The third-order valence-electron chi connectivity index (χ3n) is 5.95. The Bertz CT molecular complexity index is 1240. The van der Waals surface area contributed by atoms with E-state index in [1.807, 2.05) is 36.4 Å². The minimum atomic E-state index is 0.957. The SMILES string of the molecule is C(#Cc1cc2ccc1CCc1ccc(cc1C#Cc1ccccc1)CC2)c1ccccc1. The van der Waals surface area contributed by atoms with Gasteiger partial charge in [-0.2, -0.15) is 0 Å². The highest BCUT2D eigenvalue weighted by molar-refractivity contribution is 5.51. The zero-order chi connectivity index (χ0) is 21.6. The van der Waals surface area contributed by atoms with Gasteiger partial charge in [0.15, 0.2) is 0 Å². The molecule has 0 spiro atoms. The molecule has 8 rings (SSSR count). The first-order valence-electron chi connectivity index (χ1n) is 11.2. The van der Waals surface area contributed by atoms with Gasteiger partial charge in [-0.05, 0) is 84.3 Å². The summed E-state index contributed by atoms with van der Waals surface area (Å²) in [6.45, 7) is 0. The van der Waals surface area contributed by atoms with Crippen LogP contribution in [0.5, 0.6) is 0 Å². The van der Waals surface area contributed by atoms with E-state index in [9.17, 15) is 0 Å². The summed E-state index contributed by atoms with van der Waals surface area (Å²) in [7, 11) is 0. The third kappa shape index (κ3) is 4.83. The molecule has 0 heterocycles. The second kappa shape index (κ2) is 9.43. The Labute approximate surface area is 191 Å². The van der Waals surface area contributed by atoms with Gasteiger partial charge in [-0.15, -0.1) is 0 Å². The monoisotopic (exact) mass is 408 g/mol. The Kier molecular flexibility index (Phi) is 5.87. The van der Waals surface area contributed by atoms with Gasteiger partial charge in [-0.1, -0.05) is 84.3 Å². The Balaban J connectivity index is 1.48. The van der Waals surface area contributed by atoms with Crippen LogP contribution in [-0.4, -0.2) is 0 Å². The third-order valence-corrected chi connectivity index (χ3v) is 5.95. The Morgan fingerprint density at radius 1 is 0.406 bits per heavy atom. The van der Waals surface area contributed by atoms with Crippen molar-refractivity contribution in [2.24, 2.45) is 0 Å². The molecule has 4 bridgehead atoms. The molecule has 0 fully saturated rings. The molecule has 0 saturated carbocycles. The molecule has 4 aromatic rings. The molecule has 0 amide bonds. The summed E-state index contributed by atoms with van der Waals surface area (Å²) in [6, 6.07) is 34.1. The first-order chi connectivity index (χ1) is 15.8. The summed E-state index contributed by atoms with van der Waals surface area (Å²) in [5, 5.41) is 0. The van der Waals surface area contributed by atoms with Crippen LogP contribution in [0.3, 0.4) is 0 Å². The van der Waals surface area contributed by atoms with Crippen LogP contribution in [0, 0.1) is 23.7 Å². The minimum absolute atomic E-state index is 0.957. The fourth-order valence-corrected chi connectivity index (χ4v) is 4.11. The van der Waals surface area contributed by atoms with E-state index in [0.29, 0.717) is 0 Å². The van der Waals surface area contributed by atoms with E-state index >= 15 is 0 Å². The van der Waals surface area contributed by atoms with Crippen LogP contribution >= 0.6 is 0 Å². The second-order valence-corrected chi connectivity index (χ2v) is 8.22. The van der Waals surface area contributed by atoms with Crippen LogP contribution in [0.25, 0.3) is 0 Å². The summed E-state index contributed by atoms with van der Waals surface area (Å²) >= 11 is 0. The lowest BCUT2D eigenvalue weighted by Gasteiger charge is -2.13. The summed E-state index contributed by atoms with van der Waals surface area (Å²) in [4.78, 5) is 0. The van der Waals surface area contributed by atoms with Crippen molar-refractivity contribution in [1.29, 1.82) is 0 Å². The average Bonchev–Trinajstić information content (AvgIpc) is 2.84. The van der Waals surface area contributed by atoms with Crippen molar-refractivity contribution in [3.63, 3.8) is 0 Å². The minimum Gasteiger partial charge on any atom is -0.0622 e. The molecule has 0 N–H and O–H groups in total. The summed E-state index contributed by atoms with van der Waals surface area (Å²) in [5.41, 5.74) is 9.71. The molecule has 0 saturated heterocycles. The van der Waals surface area contributed by atoms with Crippen molar-refractivity contribution in [2.75, 3.05) is 0 Å². The van der Waals surface area contributed by atoms with Gasteiger partial charge in [0.1, 0.15) is 0 Å². The largest absolute Gasteiger partial charge is 0.0622 e. The molecule has 0 heteroatoms. The lowest BCUT2D eigenvalue weighted by Crippen LogP contribution is -2.02. The second-order valence-electron chi connectivity index (χ2n) is 8.22. The van der Waals surface area contributed by atoms with E-state index in [2.05, 4.69) is 84.3 Å². The molecular weight excluding hydrogens is 384 g/mol. The van der Waals surface area contributed by atoms with Gasteiger partial charge < -0.3 is 0 Å². The highest BCUT2D eigenvalue weighted by Crippen LogP contribution is 2.21. The van der Waals surface area contributed by atoms with Crippen LogP contribution in [0.4, 0.5) is 0 Å². The molecule has 0 aliphatic heterocycles. The van der Waals surface area contributed by atoms with E-state index < -0.39 is 0 Å². The van der Waals surface area contributed by atoms with E-state index in [1.165, 1.54) is 22.3 Å². The number of rotatable bonds is 0. The molecule has 32 heavy (non-hydrogen) atoms. The number of aryl methyl sites for hydroxylation is 4. The van der Waals surface area contributed by atoms with Gasteiger partial charge in [0.25, 0.3) is 0 Å². The van der Waals surface area contributed by atoms with Gasteiger partial charge in [0.05, 0.1) is 0 Å². The first-order valence-corrected chi connectivity index (χ1v) is 11.2. The molecular formula is C32H24. The lowest BCUT2D eigenvalue weighted by molar-refractivity contribution is 0.915. The maximum absolute atomic E-state index is 3.45. The van der Waals surface area contributed by atoms with Crippen molar-refractivity contribution in [3.8, 4) is 23.7 Å². The van der Waals surface area contributed by atoms with Gasteiger partial charge in [0, 0.05) is 22.3 Å². The normalized spacial score (nSPS) is 12.0. The topological polar surface area (TPSA) is 0 Å². The number of benzene rings is 4. The number of hydrogen-bond acceptors (Lipinski definition) is 0. The van der Waals surface area contributed by atoms with E-state index in [1.54, 1.807) is 0 Å². The molecule has 152 valence electrons. The van der Waals surface area contributed by atoms with Crippen LogP contribution < -0.4 is 0 Å². The zero-order valence-corrected chi connectivity index (χ0v) is 18.1. The van der Waals surface area contributed by atoms with Crippen molar-refractivity contribution < 1.29 is 0 Å². The smallest absolute Gasteiger partial charge is 0.0283 e. The summed E-state index contributed by atoms with van der Waals surface area (Å²) < 4.78 is 0. The zero-order valence-electron chi connectivity index (χ0n) is 18.1. The fourth-order valence-electron chi connectivity index (χ4n) is 4.11. The van der Waals surface area contributed by atoms with E-state index in [0.717, 1.165) is 47.9 Å². The van der Waals surface area contributed by atoms with Crippen molar-refractivity contribution in [1.82, 2.24) is 0 Å². The molecule has 0 aromatic heterocycles. The lowest BCUT2D eigenvalue weighted by atomic mass is 9.91. The maximum Gasteiger partial charge on any atom is 0.0283 e. The van der Waals surface area contributed by atoms with E-state index in [-0.39, 0.29) is 0 Å². The van der Waals surface area contributed by atoms with E-state index in [4.69, 9.17) is 0 Å². The molecule has 0 atom stereocenters. The van der Waals surface area contributed by atoms with Crippen molar-refractivity contribution >= 4 is 0 Å². The summed E-state index contributed by atoms with van der Waals surface area (Å²) in [6.07, 6.45) is 3.92. The molecule has 0 radical (unpaired) electrons. The molecule has 0 unspecified atom stereocenters. The van der Waals surface area contributed by atoms with Gasteiger partial charge in [0.2, 0.25) is 0 Å². The first kappa shape index (κ1) is 19.9. The predicted molar refractivity (Wildman–Crippen MR) is 133 cm³/mol. The standard InChI is InChI=1S/C32H24/c1-3-7-25(8-4-1)13-19-31-23-27-11-12-28-16-18-30(22-21-29(31)17-15-27)32(24-28)20-14-26-9-5-2-6-10-26/h1-10,15-18,23-24H,11-12,21-22H2. The average molecular weight is 409 g/mol. The predicted octanol–water partition coefficient (Wildman–Crippen LogP) is 6.37. The number of hydrogen-bond donors (Lipinski definition) is 0. The molecule has 4 aromatic carbocycles. The van der Waals surface area contributed by atoms with Crippen LogP contribution in [0.1, 0.15) is 44.5 Å². The van der Waals surface area contributed by atoms with Gasteiger partial charge in [-0.3, -0.25) is 0 Å².